The maximum absolute atomic E-state index is 11.6. The Hall–Kier alpha value is -2.58. The molecule has 0 saturated heterocycles. The molecule has 0 radical (unpaired) electrons. The highest BCUT2D eigenvalue weighted by atomic mass is 32.3. The Labute approximate surface area is 206 Å². The van der Waals surface area contributed by atoms with Crippen LogP contribution in [0.1, 0.15) is 51.0 Å². The summed E-state index contributed by atoms with van der Waals surface area (Å²) in [5.74, 6) is 0.119. The second-order valence-corrected chi connectivity index (χ2v) is 11.4. The molecule has 1 aromatic carbocycles. The van der Waals surface area contributed by atoms with Gasteiger partial charge in [0.25, 0.3) is 10.1 Å². The lowest BCUT2D eigenvalue weighted by Gasteiger charge is -2.15. The third-order valence-corrected chi connectivity index (χ3v) is 6.46. The number of aryl methyl sites for hydroxylation is 2. The van der Waals surface area contributed by atoms with E-state index in [4.69, 9.17) is 4.55 Å². The topological polar surface area (TPSA) is 136 Å². The highest BCUT2D eigenvalue weighted by Crippen LogP contribution is 2.23. The van der Waals surface area contributed by atoms with Gasteiger partial charge in [-0.25, -0.2) is 22.5 Å². The number of rotatable bonds is 8. The molecule has 13 heteroatoms. The minimum absolute atomic E-state index is 0.0138. The molecule has 0 aliphatic rings. The van der Waals surface area contributed by atoms with Crippen molar-refractivity contribution in [2.24, 2.45) is 20.0 Å². The van der Waals surface area contributed by atoms with Gasteiger partial charge in [-0.15, -0.1) is 0 Å². The first-order valence-electron chi connectivity index (χ1n) is 10.9. The zero-order chi connectivity index (χ0) is 26.6. The summed E-state index contributed by atoms with van der Waals surface area (Å²) >= 11 is 0. The maximum atomic E-state index is 11.6. The quantitative estimate of drug-likeness (QED) is 0.336. The Morgan fingerprint density at radius 2 is 1.54 bits per heavy atom. The summed E-state index contributed by atoms with van der Waals surface area (Å²) in [6.07, 6.45) is 9.94. The number of imidazole rings is 2. The summed E-state index contributed by atoms with van der Waals surface area (Å²) in [7, 11) is -4.96. The lowest BCUT2D eigenvalue weighted by Crippen LogP contribution is -2.26. The number of benzene rings is 1. The molecule has 11 nitrogen and oxygen atoms in total. The molecular weight excluding hydrogens is 496 g/mol. The van der Waals surface area contributed by atoms with E-state index in [-0.39, 0.29) is 16.7 Å². The first-order valence-corrected chi connectivity index (χ1v) is 13.7. The smallest absolute Gasteiger partial charge is 0.282 e. The van der Waals surface area contributed by atoms with Crippen molar-refractivity contribution >= 4 is 20.5 Å². The molecule has 35 heavy (non-hydrogen) atoms. The largest absolute Gasteiger partial charge is 0.401 e. The van der Waals surface area contributed by atoms with Crippen LogP contribution in [0.15, 0.2) is 60.5 Å². The van der Waals surface area contributed by atoms with E-state index >= 15 is 0 Å². The van der Waals surface area contributed by atoms with Crippen LogP contribution in [0.4, 0.5) is 0 Å². The summed E-state index contributed by atoms with van der Waals surface area (Å²) < 4.78 is 74.1. The minimum Gasteiger partial charge on any atom is -0.282 e. The SMILES string of the molecule is CC(C)C(OS(=O)(=O)O)n1cc[n+](C)c1.CC(C)c1ccc(Cn2cc[n+](C)c2)c(S(=O)(=O)O)c1. The van der Waals surface area contributed by atoms with Crippen LogP contribution in [0.25, 0.3) is 0 Å². The van der Waals surface area contributed by atoms with Crippen LogP contribution in [-0.4, -0.2) is 35.1 Å². The van der Waals surface area contributed by atoms with Gasteiger partial charge >= 0.3 is 10.4 Å². The van der Waals surface area contributed by atoms with Gasteiger partial charge in [0.1, 0.15) is 36.2 Å². The molecule has 0 fully saturated rings. The van der Waals surface area contributed by atoms with Gasteiger partial charge in [0, 0.05) is 11.5 Å². The molecule has 2 heterocycles. The summed E-state index contributed by atoms with van der Waals surface area (Å²) in [5.41, 5.74) is 1.47. The molecule has 0 saturated carbocycles. The van der Waals surface area contributed by atoms with Crippen LogP contribution in [-0.2, 0) is 45.3 Å². The lowest BCUT2D eigenvalue weighted by atomic mass is 10.0. The number of hydrogen-bond donors (Lipinski definition) is 2. The summed E-state index contributed by atoms with van der Waals surface area (Å²) in [6, 6.07) is 5.22. The zero-order valence-electron chi connectivity index (χ0n) is 20.7. The Morgan fingerprint density at radius 3 is 1.97 bits per heavy atom. The van der Waals surface area contributed by atoms with Crippen molar-refractivity contribution in [3.8, 4) is 0 Å². The second kappa shape index (κ2) is 11.4. The van der Waals surface area contributed by atoms with Crippen LogP contribution < -0.4 is 9.13 Å². The van der Waals surface area contributed by atoms with Gasteiger partial charge in [-0.1, -0.05) is 39.8 Å². The van der Waals surface area contributed by atoms with Crippen LogP contribution in [0.5, 0.6) is 0 Å². The van der Waals surface area contributed by atoms with Gasteiger partial charge in [0.2, 0.25) is 18.9 Å². The third-order valence-electron chi connectivity index (χ3n) is 5.09. The van der Waals surface area contributed by atoms with Gasteiger partial charge in [-0.05, 0) is 17.5 Å². The molecule has 0 spiro atoms. The molecule has 1 unspecified atom stereocenters. The van der Waals surface area contributed by atoms with E-state index in [0.29, 0.717) is 12.1 Å². The Balaban J connectivity index is 0.000000258. The number of aromatic nitrogens is 4. The second-order valence-electron chi connectivity index (χ2n) is 8.93. The molecule has 1 atom stereocenters. The maximum Gasteiger partial charge on any atom is 0.401 e. The van der Waals surface area contributed by atoms with Crippen molar-refractivity contribution in [1.29, 1.82) is 0 Å². The summed E-state index contributed by atoms with van der Waals surface area (Å²) in [5, 5.41) is 0. The van der Waals surface area contributed by atoms with Crippen molar-refractivity contribution in [2.75, 3.05) is 0 Å². The highest BCUT2D eigenvalue weighted by Gasteiger charge is 2.26. The van der Waals surface area contributed by atoms with E-state index in [0.717, 1.165) is 5.56 Å². The summed E-state index contributed by atoms with van der Waals surface area (Å²) in [6.45, 7) is 7.96. The molecule has 0 amide bonds. The standard InChI is InChI=1S/C14H18N2O3S.C8H14N2O4S/c1-11(2)12-4-5-13(14(8-12)20(17,18)19)9-16-7-6-15(3)10-16;1-7(2)8(14-15(11,12)13)10-5-4-9(3)6-10/h4-8,10-11H,9H2,1-3H3;4-8H,1-3H3/p+2. The fourth-order valence-electron chi connectivity index (χ4n) is 3.34. The Kier molecular flexibility index (Phi) is 9.36. The normalized spacial score (nSPS) is 13.1. The zero-order valence-corrected chi connectivity index (χ0v) is 22.3. The van der Waals surface area contributed by atoms with E-state index in [1.807, 2.05) is 54.8 Å². The van der Waals surface area contributed by atoms with Crippen LogP contribution in [0.2, 0.25) is 0 Å². The fraction of sp³-hybridized carbons (Fsp3) is 0.455. The minimum atomic E-state index is -4.44. The van der Waals surface area contributed by atoms with Gasteiger partial charge in [0.05, 0.1) is 14.1 Å². The lowest BCUT2D eigenvalue weighted by molar-refractivity contribution is -0.671. The summed E-state index contributed by atoms with van der Waals surface area (Å²) in [4.78, 5) is -0.0138. The number of hydrogen-bond acceptors (Lipinski definition) is 5. The predicted octanol–water partition coefficient (Wildman–Crippen LogP) is 2.02. The average Bonchev–Trinajstić information content (AvgIpc) is 3.33. The molecule has 2 N–H and O–H groups in total. The van der Waals surface area contributed by atoms with E-state index in [1.54, 1.807) is 60.9 Å². The highest BCUT2D eigenvalue weighted by molar-refractivity contribution is 7.85. The van der Waals surface area contributed by atoms with Gasteiger partial charge in [-0.3, -0.25) is 9.11 Å². The molecule has 0 aliphatic heterocycles. The van der Waals surface area contributed by atoms with Crippen LogP contribution in [0.3, 0.4) is 0 Å². The van der Waals surface area contributed by atoms with Gasteiger partial charge < -0.3 is 0 Å². The monoisotopic (exact) mass is 530 g/mol. The fourth-order valence-corrected chi connectivity index (χ4v) is 4.66. The van der Waals surface area contributed by atoms with Gasteiger partial charge in [0.15, 0.2) is 0 Å². The Bertz CT molecular complexity index is 1340. The van der Waals surface area contributed by atoms with E-state index in [1.165, 1.54) is 0 Å². The van der Waals surface area contributed by atoms with E-state index in [9.17, 15) is 21.4 Å². The molecule has 0 aliphatic carbocycles. The first kappa shape index (κ1) is 28.7. The molecular formula is C22H34N4O7S2+2. The van der Waals surface area contributed by atoms with E-state index in [2.05, 4.69) is 4.18 Å². The Morgan fingerprint density at radius 1 is 0.943 bits per heavy atom. The number of nitrogens with zero attached hydrogens (tertiary/aromatic N) is 4. The van der Waals surface area contributed by atoms with Crippen LogP contribution >= 0.6 is 0 Å². The third kappa shape index (κ3) is 8.85. The predicted molar refractivity (Wildman–Crippen MR) is 127 cm³/mol. The molecule has 3 aromatic rings. The first-order chi connectivity index (χ1) is 16.1. The van der Waals surface area contributed by atoms with Crippen molar-refractivity contribution in [3.05, 3.63) is 66.8 Å². The van der Waals surface area contributed by atoms with Crippen molar-refractivity contribution in [1.82, 2.24) is 9.13 Å². The molecule has 3 rings (SSSR count). The van der Waals surface area contributed by atoms with Crippen molar-refractivity contribution < 1.29 is 39.3 Å². The van der Waals surface area contributed by atoms with Crippen molar-refractivity contribution in [3.63, 3.8) is 0 Å². The van der Waals surface area contributed by atoms with Crippen LogP contribution in [0, 0.1) is 5.92 Å². The average molecular weight is 531 g/mol. The molecule has 0 bridgehead atoms. The van der Waals surface area contributed by atoms with E-state index < -0.39 is 26.7 Å². The molecule has 194 valence electrons. The molecule has 2 aromatic heterocycles. The van der Waals surface area contributed by atoms with Crippen molar-refractivity contribution in [2.45, 2.75) is 51.3 Å². The van der Waals surface area contributed by atoms with Gasteiger partial charge in [-0.2, -0.15) is 16.8 Å².